The smallest absolute Gasteiger partial charge is 0.265 e. The number of carbonyl (C=O) groups excluding carboxylic acids is 1. The molecule has 29 heavy (non-hydrogen) atoms. The first-order valence-corrected chi connectivity index (χ1v) is 12.3. The highest BCUT2D eigenvalue weighted by atomic mass is 32.2. The molecule has 1 aliphatic heterocycles. The Hall–Kier alpha value is -1.74. The highest BCUT2D eigenvalue weighted by molar-refractivity contribution is 7.89. The minimum atomic E-state index is -3.60. The SMILES string of the molecule is Cc1ccc(S(=O)(=O)N2CCOCC2)cc1NC(=O)c1cc2c(s1)CCCCC2. The van der Waals surface area contributed by atoms with Gasteiger partial charge in [0, 0.05) is 23.7 Å². The maximum absolute atomic E-state index is 12.9. The molecule has 1 aromatic heterocycles. The Bertz CT molecular complexity index is 984. The number of ether oxygens (including phenoxy) is 1. The average Bonchev–Trinajstić information content (AvgIpc) is 3.01. The number of benzene rings is 1. The van der Waals surface area contributed by atoms with Gasteiger partial charge in [-0.25, -0.2) is 8.42 Å². The van der Waals surface area contributed by atoms with E-state index in [2.05, 4.69) is 5.32 Å². The van der Waals surface area contributed by atoms with Crippen LogP contribution in [0.5, 0.6) is 0 Å². The molecule has 0 saturated carbocycles. The summed E-state index contributed by atoms with van der Waals surface area (Å²) in [6, 6.07) is 6.91. The van der Waals surface area contributed by atoms with Gasteiger partial charge in [-0.1, -0.05) is 12.5 Å². The summed E-state index contributed by atoms with van der Waals surface area (Å²) in [4.78, 5) is 15.1. The van der Waals surface area contributed by atoms with E-state index in [1.807, 2.05) is 13.0 Å². The second-order valence-electron chi connectivity index (χ2n) is 7.57. The number of nitrogens with zero attached hydrogens (tertiary/aromatic N) is 1. The molecular weight excluding hydrogens is 408 g/mol. The zero-order valence-corrected chi connectivity index (χ0v) is 18.2. The molecule has 8 heteroatoms. The van der Waals surface area contributed by atoms with Crippen molar-refractivity contribution in [3.05, 3.63) is 45.1 Å². The van der Waals surface area contributed by atoms with Gasteiger partial charge in [0.25, 0.3) is 5.91 Å². The maximum atomic E-state index is 12.9. The summed E-state index contributed by atoms with van der Waals surface area (Å²) in [5.74, 6) is -0.174. The third-order valence-corrected chi connectivity index (χ3v) is 8.67. The summed E-state index contributed by atoms with van der Waals surface area (Å²) in [5.41, 5.74) is 2.66. The van der Waals surface area contributed by atoms with Gasteiger partial charge >= 0.3 is 0 Å². The Morgan fingerprint density at radius 2 is 1.86 bits per heavy atom. The van der Waals surface area contributed by atoms with Crippen LogP contribution >= 0.6 is 11.3 Å². The number of anilines is 1. The molecule has 0 atom stereocenters. The summed E-state index contributed by atoms with van der Waals surface area (Å²) in [6.45, 7) is 3.36. The van der Waals surface area contributed by atoms with Crippen LogP contribution in [0.3, 0.4) is 0 Å². The maximum Gasteiger partial charge on any atom is 0.265 e. The number of carbonyl (C=O) groups is 1. The number of hydrogen-bond donors (Lipinski definition) is 1. The predicted octanol–water partition coefficient (Wildman–Crippen LogP) is 3.60. The zero-order chi connectivity index (χ0) is 20.4. The van der Waals surface area contributed by atoms with E-state index in [1.54, 1.807) is 29.5 Å². The lowest BCUT2D eigenvalue weighted by Crippen LogP contribution is -2.40. The Labute approximate surface area is 175 Å². The van der Waals surface area contributed by atoms with Gasteiger partial charge in [0.05, 0.1) is 23.0 Å². The molecular formula is C21H26N2O4S2. The molecule has 0 unspecified atom stereocenters. The standard InChI is InChI=1S/C21H26N2O4S2/c1-15-7-8-17(29(25,26)23-9-11-27-12-10-23)14-18(15)22-21(24)20-13-16-5-3-2-4-6-19(16)28-20/h7-8,13-14H,2-6,9-12H2,1H3,(H,22,24). The van der Waals surface area contributed by atoms with E-state index in [1.165, 1.54) is 34.0 Å². The number of thiophene rings is 1. The fourth-order valence-electron chi connectivity index (χ4n) is 3.80. The number of fused-ring (bicyclic) bond motifs is 1. The number of rotatable bonds is 4. The molecule has 1 aromatic carbocycles. The Balaban J connectivity index is 1.56. The molecule has 4 rings (SSSR count). The predicted molar refractivity (Wildman–Crippen MR) is 114 cm³/mol. The highest BCUT2D eigenvalue weighted by Crippen LogP contribution is 2.30. The van der Waals surface area contributed by atoms with Crippen LogP contribution < -0.4 is 5.32 Å². The van der Waals surface area contributed by atoms with Crippen molar-refractivity contribution in [2.75, 3.05) is 31.6 Å². The quantitative estimate of drug-likeness (QED) is 0.746. The monoisotopic (exact) mass is 434 g/mol. The van der Waals surface area contributed by atoms with E-state index in [4.69, 9.17) is 4.74 Å². The molecule has 0 spiro atoms. The molecule has 6 nitrogen and oxygen atoms in total. The molecule has 0 bridgehead atoms. The first-order valence-electron chi connectivity index (χ1n) is 10.1. The van der Waals surface area contributed by atoms with Crippen LogP contribution in [0.25, 0.3) is 0 Å². The van der Waals surface area contributed by atoms with Gasteiger partial charge in [-0.3, -0.25) is 4.79 Å². The molecule has 0 radical (unpaired) electrons. The van der Waals surface area contributed by atoms with Crippen LogP contribution in [0.4, 0.5) is 5.69 Å². The third-order valence-electron chi connectivity index (χ3n) is 5.54. The van der Waals surface area contributed by atoms with Crippen molar-refractivity contribution in [3.8, 4) is 0 Å². The van der Waals surface area contributed by atoms with Gasteiger partial charge in [0.2, 0.25) is 10.0 Å². The molecule has 1 fully saturated rings. The molecule has 1 amide bonds. The number of amides is 1. The van der Waals surface area contributed by atoms with E-state index in [-0.39, 0.29) is 10.8 Å². The van der Waals surface area contributed by atoms with E-state index in [0.29, 0.717) is 36.9 Å². The van der Waals surface area contributed by atoms with Crippen LogP contribution in [-0.2, 0) is 27.6 Å². The normalized spacial score (nSPS) is 18.1. The first-order chi connectivity index (χ1) is 13.9. The molecule has 2 aromatic rings. The fraction of sp³-hybridized carbons (Fsp3) is 0.476. The lowest BCUT2D eigenvalue weighted by atomic mass is 10.1. The second-order valence-corrected chi connectivity index (χ2v) is 10.6. The van der Waals surface area contributed by atoms with Crippen LogP contribution in [0, 0.1) is 6.92 Å². The van der Waals surface area contributed by atoms with Gasteiger partial charge in [0.1, 0.15) is 0 Å². The minimum absolute atomic E-state index is 0.174. The van der Waals surface area contributed by atoms with Gasteiger partial charge < -0.3 is 10.1 Å². The van der Waals surface area contributed by atoms with Crippen molar-refractivity contribution in [1.82, 2.24) is 4.31 Å². The number of morpholine rings is 1. The van der Waals surface area contributed by atoms with E-state index < -0.39 is 10.0 Å². The topological polar surface area (TPSA) is 75.7 Å². The summed E-state index contributed by atoms with van der Waals surface area (Å²) < 4.78 is 32.6. The fourth-order valence-corrected chi connectivity index (χ4v) is 6.38. The Kier molecular flexibility index (Phi) is 6.06. The van der Waals surface area contributed by atoms with Gasteiger partial charge in [-0.15, -0.1) is 11.3 Å². The molecule has 1 saturated heterocycles. The number of aryl methyl sites for hydroxylation is 3. The largest absolute Gasteiger partial charge is 0.379 e. The highest BCUT2D eigenvalue weighted by Gasteiger charge is 2.27. The Morgan fingerprint density at radius 1 is 1.10 bits per heavy atom. The minimum Gasteiger partial charge on any atom is -0.379 e. The van der Waals surface area contributed by atoms with Crippen LogP contribution in [0.2, 0.25) is 0 Å². The number of nitrogens with one attached hydrogen (secondary N) is 1. The number of sulfonamides is 1. The average molecular weight is 435 g/mol. The molecule has 1 aliphatic carbocycles. The van der Waals surface area contributed by atoms with Crippen LogP contribution in [0.15, 0.2) is 29.2 Å². The van der Waals surface area contributed by atoms with Crippen molar-refractivity contribution in [3.63, 3.8) is 0 Å². The van der Waals surface area contributed by atoms with Gasteiger partial charge in [0.15, 0.2) is 0 Å². The van der Waals surface area contributed by atoms with Crippen molar-refractivity contribution in [2.24, 2.45) is 0 Å². The molecule has 156 valence electrons. The van der Waals surface area contributed by atoms with E-state index in [9.17, 15) is 13.2 Å². The van der Waals surface area contributed by atoms with Gasteiger partial charge in [-0.2, -0.15) is 4.31 Å². The van der Waals surface area contributed by atoms with Gasteiger partial charge in [-0.05, 0) is 61.9 Å². The van der Waals surface area contributed by atoms with Crippen LogP contribution in [-0.4, -0.2) is 44.9 Å². The van der Waals surface area contributed by atoms with Crippen molar-refractivity contribution >= 4 is 33.0 Å². The van der Waals surface area contributed by atoms with Crippen molar-refractivity contribution in [2.45, 2.75) is 43.9 Å². The molecule has 2 aliphatic rings. The first kappa shape index (κ1) is 20.5. The van der Waals surface area contributed by atoms with Crippen molar-refractivity contribution < 1.29 is 17.9 Å². The second kappa shape index (κ2) is 8.55. The lowest BCUT2D eigenvalue weighted by molar-refractivity contribution is 0.0730. The molecule has 2 heterocycles. The summed E-state index contributed by atoms with van der Waals surface area (Å²) >= 11 is 1.56. The van der Waals surface area contributed by atoms with E-state index in [0.717, 1.165) is 18.4 Å². The third kappa shape index (κ3) is 4.40. The summed E-state index contributed by atoms with van der Waals surface area (Å²) in [6.07, 6.45) is 5.66. The van der Waals surface area contributed by atoms with Crippen molar-refractivity contribution in [1.29, 1.82) is 0 Å². The number of hydrogen-bond acceptors (Lipinski definition) is 5. The van der Waals surface area contributed by atoms with E-state index >= 15 is 0 Å². The Morgan fingerprint density at radius 3 is 2.66 bits per heavy atom. The summed E-state index contributed by atoms with van der Waals surface area (Å²) in [5, 5.41) is 2.93. The lowest BCUT2D eigenvalue weighted by Gasteiger charge is -2.26. The zero-order valence-electron chi connectivity index (χ0n) is 16.6. The summed E-state index contributed by atoms with van der Waals surface area (Å²) in [7, 11) is -3.60. The molecule has 1 N–H and O–H groups in total. The van der Waals surface area contributed by atoms with Crippen LogP contribution in [0.1, 0.15) is 44.9 Å².